The number of furan rings is 1. The number of rotatable bonds is 9. The van der Waals surface area contributed by atoms with Crippen LogP contribution >= 0.6 is 0 Å². The molecule has 0 radical (unpaired) electrons. The lowest BCUT2D eigenvalue weighted by Crippen LogP contribution is -2.22. The van der Waals surface area contributed by atoms with Crippen LogP contribution in [0.15, 0.2) is 89.0 Å². The summed E-state index contributed by atoms with van der Waals surface area (Å²) in [5, 5.41) is 2.85. The third kappa shape index (κ3) is 5.91. The van der Waals surface area contributed by atoms with Crippen molar-refractivity contribution >= 4 is 29.1 Å². The van der Waals surface area contributed by atoms with E-state index in [0.717, 1.165) is 22.3 Å². The van der Waals surface area contributed by atoms with Gasteiger partial charge in [-0.1, -0.05) is 24.3 Å². The smallest absolute Gasteiger partial charge is 0.343 e. The molecule has 0 saturated heterocycles. The zero-order valence-electron chi connectivity index (χ0n) is 22.8. The summed E-state index contributed by atoms with van der Waals surface area (Å²) in [5.74, 6) is 0.256. The fourth-order valence-corrected chi connectivity index (χ4v) is 4.78. The topological polar surface area (TPSA) is 87.0 Å². The van der Waals surface area contributed by atoms with Crippen LogP contribution in [0, 0.1) is 5.82 Å². The molecule has 0 atom stereocenters. The first-order valence-electron chi connectivity index (χ1n) is 12.9. The number of nitrogens with one attached hydrogen (secondary N) is 1. The molecule has 1 N–H and O–H groups in total. The zero-order valence-corrected chi connectivity index (χ0v) is 22.8. The van der Waals surface area contributed by atoms with Crippen molar-refractivity contribution < 1.29 is 32.6 Å². The quantitative estimate of drug-likeness (QED) is 0.184. The van der Waals surface area contributed by atoms with Crippen LogP contribution in [0.25, 0.3) is 17.2 Å². The Balaban J connectivity index is 1.48. The summed E-state index contributed by atoms with van der Waals surface area (Å²) in [6.07, 6.45) is 3.53. The minimum absolute atomic E-state index is 0.0708. The SMILES string of the molecule is COc1cc(/C=C2/C(C)=C(CC(=O)NCc3ccco3)c3cc(F)ccc32)cc(OC)c1OC(=O)c1ccccc1. The van der Waals surface area contributed by atoms with Crippen molar-refractivity contribution in [2.45, 2.75) is 19.9 Å². The summed E-state index contributed by atoms with van der Waals surface area (Å²) in [4.78, 5) is 25.6. The number of carbonyl (C=O) groups is 2. The van der Waals surface area contributed by atoms with E-state index in [-0.39, 0.29) is 30.4 Å². The van der Waals surface area contributed by atoms with Crippen molar-refractivity contribution in [3.8, 4) is 17.2 Å². The number of allylic oxidation sites excluding steroid dienone is 2. The number of hydrogen-bond acceptors (Lipinski definition) is 6. The van der Waals surface area contributed by atoms with Crippen LogP contribution in [0.4, 0.5) is 4.39 Å². The van der Waals surface area contributed by atoms with Crippen molar-refractivity contribution in [3.63, 3.8) is 0 Å². The van der Waals surface area contributed by atoms with Gasteiger partial charge in [-0.2, -0.15) is 0 Å². The Morgan fingerprint density at radius 1 is 0.927 bits per heavy atom. The molecular formula is C33H28FNO6. The van der Waals surface area contributed by atoms with Gasteiger partial charge in [0.2, 0.25) is 11.7 Å². The molecule has 1 heterocycles. The lowest BCUT2D eigenvalue weighted by molar-refractivity contribution is -0.120. The van der Waals surface area contributed by atoms with E-state index in [1.807, 2.05) is 19.1 Å². The van der Waals surface area contributed by atoms with Gasteiger partial charge in [-0.05, 0) is 94.9 Å². The minimum atomic E-state index is -0.547. The number of methoxy groups -OCH3 is 2. The average Bonchev–Trinajstić information content (AvgIpc) is 3.59. The normalized spacial score (nSPS) is 13.2. The van der Waals surface area contributed by atoms with Crippen LogP contribution < -0.4 is 19.5 Å². The molecule has 3 aromatic carbocycles. The molecule has 7 nitrogen and oxygen atoms in total. The van der Waals surface area contributed by atoms with E-state index in [9.17, 15) is 14.0 Å². The van der Waals surface area contributed by atoms with Gasteiger partial charge in [0, 0.05) is 0 Å². The molecule has 0 aliphatic heterocycles. The Kier molecular flexibility index (Phi) is 8.01. The van der Waals surface area contributed by atoms with Crippen molar-refractivity contribution in [1.82, 2.24) is 5.32 Å². The second-order valence-corrected chi connectivity index (χ2v) is 9.39. The number of esters is 1. The molecule has 8 heteroatoms. The minimum Gasteiger partial charge on any atom is -0.493 e. The van der Waals surface area contributed by atoms with Crippen LogP contribution in [0.3, 0.4) is 0 Å². The van der Waals surface area contributed by atoms with Gasteiger partial charge < -0.3 is 23.9 Å². The molecule has 0 unspecified atom stereocenters. The number of hydrogen-bond donors (Lipinski definition) is 1. The highest BCUT2D eigenvalue weighted by Crippen LogP contribution is 2.45. The predicted octanol–water partition coefficient (Wildman–Crippen LogP) is 6.69. The molecule has 208 valence electrons. The Morgan fingerprint density at radius 3 is 2.32 bits per heavy atom. The number of fused-ring (bicyclic) bond motifs is 1. The van der Waals surface area contributed by atoms with Crippen LogP contribution in [-0.2, 0) is 11.3 Å². The van der Waals surface area contributed by atoms with Gasteiger partial charge in [0.1, 0.15) is 11.6 Å². The summed E-state index contributed by atoms with van der Waals surface area (Å²) in [7, 11) is 2.95. The highest BCUT2D eigenvalue weighted by molar-refractivity contribution is 6.08. The van der Waals surface area contributed by atoms with E-state index in [1.54, 1.807) is 60.9 Å². The first-order valence-corrected chi connectivity index (χ1v) is 12.9. The number of ether oxygens (including phenoxy) is 3. The second-order valence-electron chi connectivity index (χ2n) is 9.39. The van der Waals surface area contributed by atoms with Crippen molar-refractivity contribution in [1.29, 1.82) is 0 Å². The molecule has 1 aliphatic carbocycles. The van der Waals surface area contributed by atoms with Crippen LogP contribution in [-0.4, -0.2) is 26.1 Å². The standard InChI is InChI=1S/C33H28FNO6/c1-20-26(25-12-11-23(34)17-28(25)27(20)18-31(36)35-19-24-10-7-13-40-24)14-21-15-29(38-2)32(30(16-21)39-3)41-33(37)22-8-5-4-6-9-22/h4-17H,18-19H2,1-3H3,(H,35,36)/b26-14-. The fourth-order valence-electron chi connectivity index (χ4n) is 4.78. The van der Waals surface area contributed by atoms with Gasteiger partial charge in [0.05, 0.1) is 39.0 Å². The highest BCUT2D eigenvalue weighted by Gasteiger charge is 2.26. The van der Waals surface area contributed by atoms with Crippen LogP contribution in [0.2, 0.25) is 0 Å². The first-order chi connectivity index (χ1) is 19.9. The third-order valence-electron chi connectivity index (χ3n) is 6.83. The van der Waals surface area contributed by atoms with Crippen molar-refractivity contribution in [2.75, 3.05) is 14.2 Å². The molecule has 41 heavy (non-hydrogen) atoms. The maximum absolute atomic E-state index is 14.3. The molecule has 4 aromatic rings. The average molecular weight is 554 g/mol. The molecule has 1 aliphatic rings. The summed E-state index contributed by atoms with van der Waals surface area (Å²) < 4.78 is 36.4. The second kappa shape index (κ2) is 12.0. The molecule has 0 fully saturated rings. The van der Waals surface area contributed by atoms with E-state index in [4.69, 9.17) is 18.6 Å². The number of benzene rings is 3. The summed E-state index contributed by atoms with van der Waals surface area (Å²) in [5.41, 5.74) is 4.95. The number of halogens is 1. The number of carbonyl (C=O) groups excluding carboxylic acids is 2. The Morgan fingerprint density at radius 2 is 1.66 bits per heavy atom. The maximum Gasteiger partial charge on any atom is 0.343 e. The Labute approximate surface area is 236 Å². The van der Waals surface area contributed by atoms with Gasteiger partial charge in [0.25, 0.3) is 0 Å². The van der Waals surface area contributed by atoms with Gasteiger partial charge in [0.15, 0.2) is 11.5 Å². The van der Waals surface area contributed by atoms with Crippen LogP contribution in [0.5, 0.6) is 17.2 Å². The van der Waals surface area contributed by atoms with Crippen LogP contribution in [0.1, 0.15) is 46.2 Å². The maximum atomic E-state index is 14.3. The third-order valence-corrected chi connectivity index (χ3v) is 6.83. The van der Waals surface area contributed by atoms with E-state index in [1.165, 1.54) is 26.4 Å². The van der Waals surface area contributed by atoms with Crippen molar-refractivity contribution in [2.24, 2.45) is 0 Å². The molecule has 1 amide bonds. The molecule has 1 aromatic heterocycles. The largest absolute Gasteiger partial charge is 0.493 e. The summed E-state index contributed by atoms with van der Waals surface area (Å²) >= 11 is 0. The summed E-state index contributed by atoms with van der Waals surface area (Å²) in [6.45, 7) is 2.17. The van der Waals surface area contributed by atoms with E-state index in [2.05, 4.69) is 5.32 Å². The monoisotopic (exact) mass is 553 g/mol. The first kappa shape index (κ1) is 27.5. The summed E-state index contributed by atoms with van der Waals surface area (Å²) in [6, 6.07) is 20.2. The van der Waals surface area contributed by atoms with Gasteiger partial charge in [-0.15, -0.1) is 0 Å². The highest BCUT2D eigenvalue weighted by atomic mass is 19.1. The molecule has 0 saturated carbocycles. The molecule has 5 rings (SSSR count). The fraction of sp³-hybridized carbons (Fsp3) is 0.152. The lowest BCUT2D eigenvalue weighted by atomic mass is 10.00. The van der Waals surface area contributed by atoms with E-state index >= 15 is 0 Å². The van der Waals surface area contributed by atoms with Gasteiger partial charge in [-0.3, -0.25) is 4.79 Å². The number of amides is 1. The van der Waals surface area contributed by atoms with Crippen molar-refractivity contribution in [3.05, 3.63) is 118 Å². The Bertz CT molecular complexity index is 1630. The Hall–Kier alpha value is -5.11. The van der Waals surface area contributed by atoms with E-state index < -0.39 is 5.97 Å². The predicted molar refractivity (Wildman–Crippen MR) is 153 cm³/mol. The zero-order chi connectivity index (χ0) is 28.9. The van der Waals surface area contributed by atoms with Gasteiger partial charge in [-0.25, -0.2) is 9.18 Å². The molecular weight excluding hydrogens is 525 g/mol. The lowest BCUT2D eigenvalue weighted by Gasteiger charge is -2.15. The van der Waals surface area contributed by atoms with E-state index in [0.29, 0.717) is 33.9 Å². The van der Waals surface area contributed by atoms with Gasteiger partial charge >= 0.3 is 5.97 Å². The molecule has 0 bridgehead atoms. The molecule has 0 spiro atoms.